The molecule has 1 saturated heterocycles. The molecule has 5 rings (SSSR count). The van der Waals surface area contributed by atoms with E-state index in [4.69, 9.17) is 4.74 Å². The second kappa shape index (κ2) is 10.5. The Bertz CT molecular complexity index is 1330. The molecule has 2 aliphatic rings. The van der Waals surface area contributed by atoms with E-state index in [-0.39, 0.29) is 24.5 Å². The van der Waals surface area contributed by atoms with Crippen LogP contribution in [0.15, 0.2) is 18.2 Å². The molecular weight excluding hydrogens is 480 g/mol. The fourth-order valence-electron chi connectivity index (χ4n) is 6.43. The highest BCUT2D eigenvalue weighted by atomic mass is 16.6. The summed E-state index contributed by atoms with van der Waals surface area (Å²) in [7, 11) is 0. The maximum Gasteiger partial charge on any atom is 0.317 e. The molecule has 1 aromatic carbocycles. The second-order valence-corrected chi connectivity index (χ2v) is 11.1. The summed E-state index contributed by atoms with van der Waals surface area (Å²) >= 11 is 0. The van der Waals surface area contributed by atoms with Crippen LogP contribution in [0.1, 0.15) is 86.3 Å². The van der Waals surface area contributed by atoms with E-state index in [2.05, 4.69) is 27.2 Å². The summed E-state index contributed by atoms with van der Waals surface area (Å²) in [6, 6.07) is 6.03. The number of cyclic esters (lactones) is 1. The number of ketones is 1. The van der Waals surface area contributed by atoms with Gasteiger partial charge in [0.2, 0.25) is 0 Å². The van der Waals surface area contributed by atoms with Crippen LogP contribution in [-0.2, 0) is 40.0 Å². The highest BCUT2D eigenvalue weighted by Gasteiger charge is 2.51. The van der Waals surface area contributed by atoms with E-state index in [0.29, 0.717) is 30.2 Å². The zero-order valence-corrected chi connectivity index (χ0v) is 22.9. The molecule has 202 valence electrons. The monoisotopic (exact) mass is 518 g/mol. The third kappa shape index (κ3) is 4.93. The fourth-order valence-corrected chi connectivity index (χ4v) is 6.43. The Morgan fingerprint density at radius 1 is 1.05 bits per heavy atom. The van der Waals surface area contributed by atoms with E-state index in [0.717, 1.165) is 66.6 Å². The summed E-state index contributed by atoms with van der Waals surface area (Å²) < 4.78 is 7.95. The van der Waals surface area contributed by atoms with Crippen molar-refractivity contribution in [2.45, 2.75) is 97.5 Å². The lowest BCUT2D eigenvalue weighted by Gasteiger charge is -2.43. The number of nitrogens with zero attached hydrogens (tertiary/aromatic N) is 4. The van der Waals surface area contributed by atoms with Crippen molar-refractivity contribution >= 4 is 17.5 Å². The zero-order chi connectivity index (χ0) is 27.0. The number of rotatable bonds is 8. The molecule has 2 aromatic heterocycles. The largest absolute Gasteiger partial charge is 0.507 e. The molecule has 0 bridgehead atoms. The van der Waals surface area contributed by atoms with Crippen LogP contribution < -0.4 is 0 Å². The summed E-state index contributed by atoms with van der Waals surface area (Å²) in [6.45, 7) is 7.90. The van der Waals surface area contributed by atoms with Gasteiger partial charge in [0.15, 0.2) is 11.6 Å². The number of phenols is 1. The number of hydrogen-bond acceptors (Lipinski definition) is 7. The van der Waals surface area contributed by atoms with Crippen molar-refractivity contribution in [1.29, 1.82) is 0 Å². The number of aryl methyl sites for hydroxylation is 5. The first-order valence-electron chi connectivity index (χ1n) is 14.0. The number of phenolic OH excluding ortho intramolecular Hbond substituents is 1. The van der Waals surface area contributed by atoms with Crippen molar-refractivity contribution < 1.29 is 19.4 Å². The highest BCUT2D eigenvalue weighted by Crippen LogP contribution is 2.45. The molecule has 0 radical (unpaired) electrons. The number of benzene rings is 1. The molecule has 1 N–H and O–H groups in total. The number of hydrogen-bond donors (Lipinski definition) is 1. The zero-order valence-electron chi connectivity index (χ0n) is 22.9. The lowest BCUT2D eigenvalue weighted by Crippen LogP contribution is -2.52. The molecule has 38 heavy (non-hydrogen) atoms. The number of carbonyl (C=O) groups is 2. The lowest BCUT2D eigenvalue weighted by molar-refractivity contribution is -0.185. The topological polar surface area (TPSA) is 107 Å². The van der Waals surface area contributed by atoms with Crippen molar-refractivity contribution in [2.24, 2.45) is 11.8 Å². The van der Waals surface area contributed by atoms with Crippen LogP contribution in [-0.4, -0.2) is 42.0 Å². The van der Waals surface area contributed by atoms with E-state index in [1.54, 1.807) is 4.52 Å². The molecular formula is C30H38N4O4. The van der Waals surface area contributed by atoms with Crippen LogP contribution in [0.3, 0.4) is 0 Å². The molecule has 3 heterocycles. The van der Waals surface area contributed by atoms with Gasteiger partial charge in [-0.25, -0.2) is 9.50 Å². The molecule has 0 amide bonds. The van der Waals surface area contributed by atoms with E-state index in [1.807, 2.05) is 33.8 Å². The quantitative estimate of drug-likeness (QED) is 0.337. The number of fused-ring (bicyclic) bond motifs is 1. The van der Waals surface area contributed by atoms with Gasteiger partial charge >= 0.3 is 5.97 Å². The van der Waals surface area contributed by atoms with Crippen molar-refractivity contribution in [2.75, 3.05) is 0 Å². The first kappa shape index (κ1) is 26.3. The van der Waals surface area contributed by atoms with Crippen LogP contribution in [0.5, 0.6) is 5.75 Å². The van der Waals surface area contributed by atoms with E-state index in [1.165, 1.54) is 0 Å². The van der Waals surface area contributed by atoms with E-state index in [9.17, 15) is 14.7 Å². The number of carbonyl (C=O) groups excluding carboxylic acids is 2. The molecule has 2 unspecified atom stereocenters. The fraction of sp³-hybridized carbons (Fsp3) is 0.567. The third-order valence-electron chi connectivity index (χ3n) is 8.52. The van der Waals surface area contributed by atoms with Gasteiger partial charge in [-0.05, 0) is 81.0 Å². The van der Waals surface area contributed by atoms with Gasteiger partial charge in [-0.2, -0.15) is 4.98 Å². The molecule has 1 saturated carbocycles. The molecule has 1 aliphatic carbocycles. The minimum Gasteiger partial charge on any atom is -0.507 e. The predicted octanol–water partition coefficient (Wildman–Crippen LogP) is 4.81. The molecule has 1 aliphatic heterocycles. The van der Waals surface area contributed by atoms with E-state index >= 15 is 0 Å². The normalized spacial score (nSPS) is 22.4. The third-order valence-corrected chi connectivity index (χ3v) is 8.52. The number of aromatic hydroxyl groups is 1. The standard InChI is InChI=1S/C30H38N4O4/c1-5-21-14-20(15-22(6-2)27(21)36)11-12-30(23-9-7-8-10-23)17-25(35)24(28(37)38-30)16-26-32-29-31-18(3)13-19(4)34(29)33-26/h13-15,23-24,36H,5-12,16-17H2,1-4H3. The molecule has 2 atom stereocenters. The maximum absolute atomic E-state index is 13.6. The number of Topliss-reactive ketones (excluding diaryl/α,β-unsaturated/α-hetero) is 1. The predicted molar refractivity (Wildman–Crippen MR) is 143 cm³/mol. The smallest absolute Gasteiger partial charge is 0.317 e. The summed E-state index contributed by atoms with van der Waals surface area (Å²) in [4.78, 5) is 35.9. The number of ether oxygens (including phenoxy) is 1. The van der Waals surface area contributed by atoms with Crippen LogP contribution in [0.2, 0.25) is 0 Å². The average molecular weight is 519 g/mol. The molecule has 8 nitrogen and oxygen atoms in total. The minimum atomic E-state index is -0.893. The Kier molecular flexibility index (Phi) is 7.25. The van der Waals surface area contributed by atoms with Gasteiger partial charge in [-0.1, -0.05) is 38.8 Å². The van der Waals surface area contributed by atoms with Gasteiger partial charge in [0, 0.05) is 24.2 Å². The molecule has 3 aromatic rings. The SMILES string of the molecule is CCc1cc(CCC2(C3CCCC3)CC(=O)C(Cc3nc4nc(C)cc(C)n4n3)C(=O)O2)cc(CC)c1O. The van der Waals surface area contributed by atoms with Gasteiger partial charge in [0.1, 0.15) is 17.3 Å². The van der Waals surface area contributed by atoms with Crippen LogP contribution in [0, 0.1) is 25.7 Å². The average Bonchev–Trinajstić information content (AvgIpc) is 3.56. The first-order chi connectivity index (χ1) is 18.2. The van der Waals surface area contributed by atoms with Crippen molar-refractivity contribution in [1.82, 2.24) is 19.6 Å². The summed E-state index contributed by atoms with van der Waals surface area (Å²) in [6.07, 6.45) is 7.29. The summed E-state index contributed by atoms with van der Waals surface area (Å²) in [5.41, 5.74) is 3.95. The summed E-state index contributed by atoms with van der Waals surface area (Å²) in [5, 5.41) is 15.0. The minimum absolute atomic E-state index is 0.0814. The van der Waals surface area contributed by atoms with Crippen molar-refractivity contribution in [3.8, 4) is 5.75 Å². The maximum atomic E-state index is 13.6. The molecule has 0 spiro atoms. The number of esters is 1. The lowest BCUT2D eigenvalue weighted by atomic mass is 9.73. The van der Waals surface area contributed by atoms with Crippen LogP contribution in [0.25, 0.3) is 5.78 Å². The van der Waals surface area contributed by atoms with Gasteiger partial charge in [-0.3, -0.25) is 9.59 Å². The van der Waals surface area contributed by atoms with Gasteiger partial charge < -0.3 is 9.84 Å². The van der Waals surface area contributed by atoms with Crippen LogP contribution >= 0.6 is 0 Å². The first-order valence-corrected chi connectivity index (χ1v) is 14.0. The highest BCUT2D eigenvalue weighted by molar-refractivity contribution is 6.01. The Balaban J connectivity index is 1.37. The van der Waals surface area contributed by atoms with E-state index < -0.39 is 17.5 Å². The Hall–Kier alpha value is -3.29. The Morgan fingerprint density at radius 2 is 1.74 bits per heavy atom. The van der Waals surface area contributed by atoms with Crippen molar-refractivity contribution in [3.05, 3.63) is 52.1 Å². The molecule has 8 heteroatoms. The Morgan fingerprint density at radius 3 is 2.37 bits per heavy atom. The van der Waals surface area contributed by atoms with Crippen LogP contribution in [0.4, 0.5) is 0 Å². The second-order valence-electron chi connectivity index (χ2n) is 11.1. The van der Waals surface area contributed by atoms with Gasteiger partial charge in [0.25, 0.3) is 5.78 Å². The number of aromatic nitrogens is 4. The van der Waals surface area contributed by atoms with Crippen molar-refractivity contribution in [3.63, 3.8) is 0 Å². The molecule has 2 fully saturated rings. The van der Waals surface area contributed by atoms with Gasteiger partial charge in [0.05, 0.1) is 0 Å². The Labute approximate surface area is 223 Å². The summed E-state index contributed by atoms with van der Waals surface area (Å²) in [5.74, 6) is 0.0410. The van der Waals surface area contributed by atoms with Gasteiger partial charge in [-0.15, -0.1) is 5.10 Å².